The number of alkyl halides is 3. The maximum atomic E-state index is 13.2. The smallest absolute Gasteiger partial charge is 0.312 e. The van der Waals surface area contributed by atoms with E-state index < -0.39 is 28.0 Å². The van der Waals surface area contributed by atoms with Gasteiger partial charge in [0.2, 0.25) is 15.9 Å². The number of amides is 1. The Morgan fingerprint density at radius 2 is 1.73 bits per heavy atom. The van der Waals surface area contributed by atoms with Crippen LogP contribution in [-0.2, 0) is 21.2 Å². The Balaban J connectivity index is 1.56. The third-order valence-electron chi connectivity index (χ3n) is 6.62. The van der Waals surface area contributed by atoms with E-state index in [0.717, 1.165) is 18.4 Å². The van der Waals surface area contributed by atoms with Crippen molar-refractivity contribution in [3.05, 3.63) is 23.8 Å². The zero-order valence-electron chi connectivity index (χ0n) is 16.8. The average Bonchev–Trinajstić information content (AvgIpc) is 3.28. The molecule has 2 unspecified atom stereocenters. The highest BCUT2D eigenvalue weighted by Gasteiger charge is 2.44. The predicted molar refractivity (Wildman–Crippen MR) is 107 cm³/mol. The maximum absolute atomic E-state index is 13.2. The first-order chi connectivity index (χ1) is 14.2. The fraction of sp³-hybridized carbons (Fsp3) is 0.667. The number of fused-ring (bicyclic) bond motifs is 1. The van der Waals surface area contributed by atoms with E-state index in [2.05, 4.69) is 0 Å². The van der Waals surface area contributed by atoms with E-state index in [1.165, 1.54) is 10.4 Å². The maximum Gasteiger partial charge on any atom is 0.391 e. The van der Waals surface area contributed by atoms with Gasteiger partial charge in [-0.3, -0.25) is 4.79 Å². The van der Waals surface area contributed by atoms with Gasteiger partial charge in [-0.25, -0.2) is 8.42 Å². The van der Waals surface area contributed by atoms with Gasteiger partial charge >= 0.3 is 6.18 Å². The molecule has 5 nitrogen and oxygen atoms in total. The summed E-state index contributed by atoms with van der Waals surface area (Å²) < 4.78 is 66.7. The van der Waals surface area contributed by atoms with Crippen LogP contribution in [0.4, 0.5) is 18.9 Å². The molecular formula is C21H27F3N2O3S. The second kappa shape index (κ2) is 8.15. The molecule has 2 aliphatic heterocycles. The van der Waals surface area contributed by atoms with Crippen molar-refractivity contribution in [3.63, 3.8) is 0 Å². The van der Waals surface area contributed by atoms with Crippen LogP contribution in [0, 0.1) is 11.8 Å². The zero-order valence-corrected chi connectivity index (χ0v) is 17.6. The molecule has 9 heteroatoms. The number of sulfonamides is 1. The minimum atomic E-state index is -4.27. The molecule has 2 atom stereocenters. The lowest BCUT2D eigenvalue weighted by Crippen LogP contribution is -2.42. The quantitative estimate of drug-likeness (QED) is 0.705. The number of benzene rings is 1. The second-order valence-electron chi connectivity index (χ2n) is 8.60. The van der Waals surface area contributed by atoms with Crippen LogP contribution in [0.3, 0.4) is 0 Å². The van der Waals surface area contributed by atoms with Crippen molar-refractivity contribution in [2.45, 2.75) is 62.4 Å². The van der Waals surface area contributed by atoms with Gasteiger partial charge in [0.05, 0.1) is 10.8 Å². The van der Waals surface area contributed by atoms with E-state index in [1.54, 1.807) is 17.0 Å². The van der Waals surface area contributed by atoms with E-state index in [1.807, 2.05) is 0 Å². The highest BCUT2D eigenvalue weighted by atomic mass is 32.2. The third-order valence-corrected chi connectivity index (χ3v) is 8.52. The topological polar surface area (TPSA) is 57.7 Å². The third kappa shape index (κ3) is 4.10. The second-order valence-corrected chi connectivity index (χ2v) is 10.5. The fourth-order valence-electron chi connectivity index (χ4n) is 4.97. The molecule has 3 aliphatic rings. The molecule has 4 rings (SSSR count). The number of rotatable bonds is 3. The van der Waals surface area contributed by atoms with Crippen LogP contribution in [0.2, 0.25) is 0 Å². The highest BCUT2D eigenvalue weighted by Crippen LogP contribution is 2.41. The van der Waals surface area contributed by atoms with Crippen molar-refractivity contribution in [1.82, 2.24) is 4.31 Å². The lowest BCUT2D eigenvalue weighted by atomic mass is 9.80. The summed E-state index contributed by atoms with van der Waals surface area (Å²) >= 11 is 0. The minimum Gasteiger partial charge on any atom is -0.312 e. The number of carbonyl (C=O) groups is 1. The number of anilines is 1. The number of hydrogen-bond acceptors (Lipinski definition) is 3. The summed E-state index contributed by atoms with van der Waals surface area (Å²) in [5, 5.41) is 0. The van der Waals surface area contributed by atoms with E-state index >= 15 is 0 Å². The summed E-state index contributed by atoms with van der Waals surface area (Å²) in [6.07, 6.45) is -0.444. The SMILES string of the molecule is O=C(C1CCCC(C(F)(F)F)C1)N1CCCc2cc(S(=O)(=O)N3CCCC3)ccc21. The molecular weight excluding hydrogens is 417 g/mol. The number of carbonyl (C=O) groups excluding carboxylic acids is 1. The molecule has 2 fully saturated rings. The molecule has 2 heterocycles. The molecule has 1 amide bonds. The molecule has 1 saturated heterocycles. The molecule has 1 saturated carbocycles. The van der Waals surface area contributed by atoms with Crippen molar-refractivity contribution in [3.8, 4) is 0 Å². The lowest BCUT2D eigenvalue weighted by Gasteiger charge is -2.36. The minimum absolute atomic E-state index is 0.0849. The number of halogens is 3. The van der Waals surface area contributed by atoms with Crippen molar-refractivity contribution in [2.24, 2.45) is 11.8 Å². The Morgan fingerprint density at radius 1 is 1.00 bits per heavy atom. The number of aryl methyl sites for hydroxylation is 1. The number of hydrogen-bond donors (Lipinski definition) is 0. The summed E-state index contributed by atoms with van der Waals surface area (Å²) in [5.41, 5.74) is 1.42. The van der Waals surface area contributed by atoms with Gasteiger partial charge in [0.1, 0.15) is 0 Å². The molecule has 30 heavy (non-hydrogen) atoms. The van der Waals surface area contributed by atoms with Gasteiger partial charge in [0.25, 0.3) is 0 Å². The molecule has 1 aromatic carbocycles. The fourth-order valence-corrected chi connectivity index (χ4v) is 6.54. The van der Waals surface area contributed by atoms with Crippen LogP contribution in [0.15, 0.2) is 23.1 Å². The van der Waals surface area contributed by atoms with Crippen LogP contribution in [0.25, 0.3) is 0 Å². The van der Waals surface area contributed by atoms with Crippen molar-refractivity contribution >= 4 is 21.6 Å². The van der Waals surface area contributed by atoms with Crippen molar-refractivity contribution in [2.75, 3.05) is 24.5 Å². The van der Waals surface area contributed by atoms with Crippen molar-refractivity contribution in [1.29, 1.82) is 0 Å². The van der Waals surface area contributed by atoms with Gasteiger partial charge in [0, 0.05) is 31.2 Å². The first-order valence-electron chi connectivity index (χ1n) is 10.7. The Bertz CT molecular complexity index is 911. The molecule has 166 valence electrons. The van der Waals surface area contributed by atoms with E-state index in [0.29, 0.717) is 51.0 Å². The molecule has 0 aromatic heterocycles. The van der Waals surface area contributed by atoms with Gasteiger partial charge in [-0.2, -0.15) is 17.5 Å². The monoisotopic (exact) mass is 444 g/mol. The first-order valence-corrected chi connectivity index (χ1v) is 12.1. The normalized spacial score (nSPS) is 25.9. The Morgan fingerprint density at radius 3 is 2.43 bits per heavy atom. The summed E-state index contributed by atoms with van der Waals surface area (Å²) in [4.78, 5) is 14.9. The van der Waals surface area contributed by atoms with Gasteiger partial charge in [0.15, 0.2) is 0 Å². The largest absolute Gasteiger partial charge is 0.391 e. The van der Waals surface area contributed by atoms with E-state index in [4.69, 9.17) is 0 Å². The molecule has 0 spiro atoms. The van der Waals surface area contributed by atoms with Gasteiger partial charge in [-0.05, 0) is 68.7 Å². The molecule has 1 aromatic rings. The van der Waals surface area contributed by atoms with Crippen LogP contribution < -0.4 is 4.90 Å². The molecule has 1 aliphatic carbocycles. The average molecular weight is 445 g/mol. The molecule has 0 bridgehead atoms. The summed E-state index contributed by atoms with van der Waals surface area (Å²) in [5.74, 6) is -2.32. The Hall–Kier alpha value is -1.61. The summed E-state index contributed by atoms with van der Waals surface area (Å²) in [6, 6.07) is 4.82. The van der Waals surface area contributed by atoms with Gasteiger partial charge in [-0.1, -0.05) is 6.42 Å². The first kappa shape index (κ1) is 21.6. The summed E-state index contributed by atoms with van der Waals surface area (Å²) in [7, 11) is -3.55. The highest BCUT2D eigenvalue weighted by molar-refractivity contribution is 7.89. The number of nitrogens with zero attached hydrogens (tertiary/aromatic N) is 2. The van der Waals surface area contributed by atoms with E-state index in [-0.39, 0.29) is 23.6 Å². The van der Waals surface area contributed by atoms with Crippen LogP contribution in [0.1, 0.15) is 50.5 Å². The van der Waals surface area contributed by atoms with Crippen LogP contribution in [-0.4, -0.2) is 44.4 Å². The van der Waals surface area contributed by atoms with Crippen LogP contribution in [0.5, 0.6) is 0 Å². The van der Waals surface area contributed by atoms with Gasteiger partial charge in [-0.15, -0.1) is 0 Å². The van der Waals surface area contributed by atoms with Gasteiger partial charge < -0.3 is 4.90 Å². The van der Waals surface area contributed by atoms with Crippen LogP contribution >= 0.6 is 0 Å². The zero-order chi connectivity index (χ0) is 21.5. The standard InChI is InChI=1S/C21H27F3N2O3S/c22-21(23,24)17-7-3-5-16(13-17)20(27)26-12-4-6-15-14-18(8-9-19(15)26)30(28,29)25-10-1-2-11-25/h8-9,14,16-17H,1-7,10-13H2. The molecule has 0 N–H and O–H groups in total. The predicted octanol–water partition coefficient (Wildman–Crippen LogP) is 4.12. The van der Waals surface area contributed by atoms with Crippen molar-refractivity contribution < 1.29 is 26.4 Å². The summed E-state index contributed by atoms with van der Waals surface area (Å²) in [6.45, 7) is 1.50. The Labute approximate surface area is 175 Å². The Kier molecular flexibility index (Phi) is 5.87. The molecule has 0 radical (unpaired) electrons. The lowest BCUT2D eigenvalue weighted by molar-refractivity contribution is -0.186. The van der Waals surface area contributed by atoms with E-state index in [9.17, 15) is 26.4 Å².